The molecule has 0 unspecified atom stereocenters. The molecule has 30 heavy (non-hydrogen) atoms. The number of carbonyl (C=O) groups excluding carboxylic acids is 2. The lowest BCUT2D eigenvalue weighted by atomic mass is 10.2. The molecule has 1 aliphatic rings. The molecule has 2 heterocycles. The minimum Gasteiger partial charge on any atom is -0.462 e. The third-order valence-electron chi connectivity index (χ3n) is 5.29. The van der Waals surface area contributed by atoms with E-state index in [-0.39, 0.29) is 11.9 Å². The SMILES string of the molecule is CCOC(=O)c1ccc(NC(=O)CN2CCN(CCn3ccnc3CC)CC2)cc1. The maximum atomic E-state index is 12.4. The van der Waals surface area contributed by atoms with Crippen molar-refractivity contribution < 1.29 is 14.3 Å². The van der Waals surface area contributed by atoms with E-state index in [4.69, 9.17) is 4.74 Å². The highest BCUT2D eigenvalue weighted by Crippen LogP contribution is 2.11. The van der Waals surface area contributed by atoms with Crippen LogP contribution in [0.4, 0.5) is 5.69 Å². The van der Waals surface area contributed by atoms with Crippen LogP contribution < -0.4 is 5.32 Å². The van der Waals surface area contributed by atoms with Gasteiger partial charge in [-0.05, 0) is 31.2 Å². The van der Waals surface area contributed by atoms with Gasteiger partial charge >= 0.3 is 5.97 Å². The quantitative estimate of drug-likeness (QED) is 0.633. The number of imidazole rings is 1. The second-order valence-electron chi connectivity index (χ2n) is 7.35. The van der Waals surface area contributed by atoms with Gasteiger partial charge in [0.1, 0.15) is 5.82 Å². The summed E-state index contributed by atoms with van der Waals surface area (Å²) in [6, 6.07) is 6.78. The van der Waals surface area contributed by atoms with Gasteiger partial charge in [-0.1, -0.05) is 6.92 Å². The van der Waals surface area contributed by atoms with E-state index in [9.17, 15) is 9.59 Å². The Balaban J connectivity index is 1.38. The van der Waals surface area contributed by atoms with Crippen molar-refractivity contribution >= 4 is 17.6 Å². The van der Waals surface area contributed by atoms with Gasteiger partial charge in [-0.3, -0.25) is 14.6 Å². The first kappa shape index (κ1) is 22.0. The molecular formula is C22H31N5O3. The Hall–Kier alpha value is -2.71. The van der Waals surface area contributed by atoms with Crippen LogP contribution in [-0.2, 0) is 22.5 Å². The lowest BCUT2D eigenvalue weighted by Gasteiger charge is -2.34. The van der Waals surface area contributed by atoms with E-state index in [0.29, 0.717) is 24.4 Å². The fourth-order valence-electron chi connectivity index (χ4n) is 3.59. The monoisotopic (exact) mass is 413 g/mol. The molecule has 0 spiro atoms. The summed E-state index contributed by atoms with van der Waals surface area (Å²) in [5.41, 5.74) is 1.16. The largest absolute Gasteiger partial charge is 0.462 e. The summed E-state index contributed by atoms with van der Waals surface area (Å²) in [5, 5.41) is 2.90. The molecule has 0 atom stereocenters. The first-order valence-corrected chi connectivity index (χ1v) is 10.6. The van der Waals surface area contributed by atoms with E-state index in [1.165, 1.54) is 0 Å². The van der Waals surface area contributed by atoms with Gasteiger partial charge in [-0.25, -0.2) is 9.78 Å². The number of benzene rings is 1. The average molecular weight is 414 g/mol. The number of hydrogen-bond donors (Lipinski definition) is 1. The second-order valence-corrected chi connectivity index (χ2v) is 7.35. The summed E-state index contributed by atoms with van der Waals surface area (Å²) in [7, 11) is 0. The third kappa shape index (κ3) is 6.14. The van der Waals surface area contributed by atoms with Gasteiger partial charge in [-0.2, -0.15) is 0 Å². The standard InChI is InChI=1S/C22H31N5O3/c1-3-20-23-9-10-27(20)16-15-25-11-13-26(14-12-25)17-21(28)24-19-7-5-18(6-8-19)22(29)30-4-2/h5-10H,3-4,11-17H2,1-2H3,(H,24,28). The zero-order chi connectivity index (χ0) is 21.3. The number of amides is 1. The molecule has 1 amide bonds. The van der Waals surface area contributed by atoms with Gasteiger partial charge < -0.3 is 14.6 Å². The molecule has 8 nitrogen and oxygen atoms in total. The van der Waals surface area contributed by atoms with Crippen molar-refractivity contribution in [3.8, 4) is 0 Å². The fraction of sp³-hybridized carbons (Fsp3) is 0.500. The molecule has 0 saturated carbocycles. The van der Waals surface area contributed by atoms with Crippen LogP contribution in [0.15, 0.2) is 36.7 Å². The van der Waals surface area contributed by atoms with Gasteiger partial charge in [0.25, 0.3) is 0 Å². The Morgan fingerprint density at radius 2 is 1.73 bits per heavy atom. The van der Waals surface area contributed by atoms with Gasteiger partial charge in [0.2, 0.25) is 5.91 Å². The first-order chi connectivity index (χ1) is 14.6. The Morgan fingerprint density at radius 3 is 2.40 bits per heavy atom. The molecule has 1 fully saturated rings. The number of aryl methyl sites for hydroxylation is 1. The number of rotatable bonds is 9. The molecule has 1 N–H and O–H groups in total. The number of nitrogens with zero attached hydrogens (tertiary/aromatic N) is 4. The summed E-state index contributed by atoms with van der Waals surface area (Å²) in [4.78, 5) is 33.0. The van der Waals surface area contributed by atoms with Crippen LogP contribution >= 0.6 is 0 Å². The minimum absolute atomic E-state index is 0.0432. The number of nitrogens with one attached hydrogen (secondary N) is 1. The Morgan fingerprint density at radius 1 is 1.03 bits per heavy atom. The number of carbonyl (C=O) groups is 2. The molecule has 1 aliphatic heterocycles. The van der Waals surface area contributed by atoms with E-state index >= 15 is 0 Å². The van der Waals surface area contributed by atoms with Crippen molar-refractivity contribution in [1.82, 2.24) is 19.4 Å². The zero-order valence-electron chi connectivity index (χ0n) is 17.8. The van der Waals surface area contributed by atoms with Gasteiger partial charge in [0.05, 0.1) is 18.7 Å². The van der Waals surface area contributed by atoms with Crippen LogP contribution in [0.25, 0.3) is 0 Å². The molecule has 2 aromatic rings. The summed E-state index contributed by atoms with van der Waals surface area (Å²) < 4.78 is 7.18. The Kier molecular flexibility index (Phi) is 7.98. The summed E-state index contributed by atoms with van der Waals surface area (Å²) in [6.45, 7) is 10.2. The molecule has 3 rings (SSSR count). The van der Waals surface area contributed by atoms with E-state index in [1.807, 2.05) is 12.4 Å². The van der Waals surface area contributed by atoms with E-state index in [1.54, 1.807) is 31.2 Å². The maximum absolute atomic E-state index is 12.4. The van der Waals surface area contributed by atoms with Crippen molar-refractivity contribution in [1.29, 1.82) is 0 Å². The van der Waals surface area contributed by atoms with Crippen LogP contribution in [0.2, 0.25) is 0 Å². The van der Waals surface area contributed by atoms with Crippen LogP contribution in [0.5, 0.6) is 0 Å². The average Bonchev–Trinajstić information content (AvgIpc) is 3.21. The molecule has 1 saturated heterocycles. The van der Waals surface area contributed by atoms with Crippen molar-refractivity contribution in [2.24, 2.45) is 0 Å². The fourth-order valence-corrected chi connectivity index (χ4v) is 3.59. The zero-order valence-corrected chi connectivity index (χ0v) is 17.8. The summed E-state index contributed by atoms with van der Waals surface area (Å²) >= 11 is 0. The number of ether oxygens (including phenoxy) is 1. The summed E-state index contributed by atoms with van der Waals surface area (Å²) in [6.07, 6.45) is 4.85. The normalized spacial score (nSPS) is 15.1. The predicted molar refractivity (Wildman–Crippen MR) is 116 cm³/mol. The maximum Gasteiger partial charge on any atom is 0.338 e. The van der Waals surface area contributed by atoms with Crippen LogP contribution in [0, 0.1) is 0 Å². The Labute approximate surface area is 177 Å². The molecule has 1 aromatic carbocycles. The lowest BCUT2D eigenvalue weighted by Crippen LogP contribution is -2.49. The van der Waals surface area contributed by atoms with Gasteiger partial charge in [0, 0.05) is 63.8 Å². The first-order valence-electron chi connectivity index (χ1n) is 10.6. The lowest BCUT2D eigenvalue weighted by molar-refractivity contribution is -0.117. The van der Waals surface area contributed by atoms with Crippen LogP contribution in [-0.4, -0.2) is 77.1 Å². The number of hydrogen-bond acceptors (Lipinski definition) is 6. The van der Waals surface area contributed by atoms with Crippen molar-refractivity contribution in [3.05, 3.63) is 48.0 Å². The van der Waals surface area contributed by atoms with Crippen molar-refractivity contribution in [2.75, 3.05) is 51.2 Å². The number of anilines is 1. The molecule has 0 bridgehead atoms. The molecular weight excluding hydrogens is 382 g/mol. The van der Waals surface area contributed by atoms with E-state index < -0.39 is 0 Å². The minimum atomic E-state index is -0.354. The number of piperazine rings is 1. The number of aromatic nitrogens is 2. The predicted octanol–water partition coefficient (Wildman–Crippen LogP) is 1.88. The van der Waals surface area contributed by atoms with Crippen molar-refractivity contribution in [2.45, 2.75) is 26.8 Å². The molecule has 162 valence electrons. The topological polar surface area (TPSA) is 79.7 Å². The Bertz CT molecular complexity index is 826. The highest BCUT2D eigenvalue weighted by Gasteiger charge is 2.19. The molecule has 0 aliphatic carbocycles. The number of esters is 1. The summed E-state index contributed by atoms with van der Waals surface area (Å²) in [5.74, 6) is 0.728. The third-order valence-corrected chi connectivity index (χ3v) is 5.29. The molecule has 0 radical (unpaired) electrons. The van der Waals surface area contributed by atoms with E-state index in [2.05, 4.69) is 31.6 Å². The molecule has 8 heteroatoms. The highest BCUT2D eigenvalue weighted by molar-refractivity contribution is 5.94. The molecule has 1 aromatic heterocycles. The van der Waals surface area contributed by atoms with Gasteiger partial charge in [0.15, 0.2) is 0 Å². The van der Waals surface area contributed by atoms with Gasteiger partial charge in [-0.15, -0.1) is 0 Å². The van der Waals surface area contributed by atoms with Crippen molar-refractivity contribution in [3.63, 3.8) is 0 Å². The van der Waals surface area contributed by atoms with Crippen LogP contribution in [0.1, 0.15) is 30.0 Å². The highest BCUT2D eigenvalue weighted by atomic mass is 16.5. The van der Waals surface area contributed by atoms with Crippen LogP contribution in [0.3, 0.4) is 0 Å². The second kappa shape index (κ2) is 10.9. The van der Waals surface area contributed by atoms with E-state index in [0.717, 1.165) is 51.5 Å². The smallest absolute Gasteiger partial charge is 0.338 e.